The third-order valence-electron chi connectivity index (χ3n) is 4.45. The number of nitrogens with one attached hydrogen (secondary N) is 1. The maximum atomic E-state index is 12.8. The van der Waals surface area contributed by atoms with Crippen LogP contribution in [0.5, 0.6) is 0 Å². The molecule has 6 nitrogen and oxygen atoms in total. The van der Waals surface area contributed by atoms with Gasteiger partial charge in [0, 0.05) is 23.7 Å². The van der Waals surface area contributed by atoms with Crippen molar-refractivity contribution >= 4 is 65.8 Å². The molecule has 4 rings (SSSR count). The number of rotatable bonds is 4. The van der Waals surface area contributed by atoms with Gasteiger partial charge in [-0.05, 0) is 49.2 Å². The third kappa shape index (κ3) is 3.75. The van der Waals surface area contributed by atoms with Crippen LogP contribution in [-0.2, 0) is 10.0 Å². The Morgan fingerprint density at radius 2 is 1.86 bits per heavy atom. The first-order valence-electron chi connectivity index (χ1n) is 8.52. The number of thiazole rings is 1. The molecule has 1 aliphatic rings. The number of benzene rings is 2. The van der Waals surface area contributed by atoms with Crippen LogP contribution in [-0.4, -0.2) is 36.7 Å². The van der Waals surface area contributed by atoms with E-state index >= 15 is 0 Å². The molecule has 1 aliphatic heterocycles. The summed E-state index contributed by atoms with van der Waals surface area (Å²) < 4.78 is 27.9. The largest absolute Gasteiger partial charge is 0.298 e. The van der Waals surface area contributed by atoms with Crippen LogP contribution in [0, 0.1) is 0 Å². The molecule has 2 heterocycles. The number of amides is 1. The molecule has 0 radical (unpaired) electrons. The first kappa shape index (κ1) is 19.6. The zero-order chi connectivity index (χ0) is 19.9. The second-order valence-electron chi connectivity index (χ2n) is 6.34. The molecule has 3 aromatic rings. The van der Waals surface area contributed by atoms with Crippen molar-refractivity contribution < 1.29 is 13.2 Å². The number of carbonyl (C=O) groups is 1. The molecular formula is C18H15Cl2N3O3S2. The van der Waals surface area contributed by atoms with Gasteiger partial charge >= 0.3 is 0 Å². The molecule has 0 aliphatic carbocycles. The lowest BCUT2D eigenvalue weighted by Gasteiger charge is -2.17. The number of hydrogen-bond donors (Lipinski definition) is 1. The fourth-order valence-electron chi connectivity index (χ4n) is 3.03. The van der Waals surface area contributed by atoms with Crippen molar-refractivity contribution in [2.24, 2.45) is 0 Å². The van der Waals surface area contributed by atoms with Gasteiger partial charge in [0.1, 0.15) is 4.90 Å². The molecule has 10 heteroatoms. The summed E-state index contributed by atoms with van der Waals surface area (Å²) in [6.45, 7) is 0.923. The van der Waals surface area contributed by atoms with Gasteiger partial charge in [-0.1, -0.05) is 34.5 Å². The van der Waals surface area contributed by atoms with Crippen LogP contribution in [0.4, 0.5) is 5.13 Å². The quantitative estimate of drug-likeness (QED) is 0.621. The average molecular weight is 456 g/mol. The Kier molecular flexibility index (Phi) is 5.32. The van der Waals surface area contributed by atoms with Crippen molar-refractivity contribution in [3.05, 3.63) is 52.0 Å². The molecule has 1 saturated heterocycles. The van der Waals surface area contributed by atoms with E-state index in [0.717, 1.165) is 23.1 Å². The van der Waals surface area contributed by atoms with E-state index in [1.54, 1.807) is 18.2 Å². The van der Waals surface area contributed by atoms with Crippen LogP contribution in [0.1, 0.15) is 23.2 Å². The van der Waals surface area contributed by atoms with Gasteiger partial charge in [0.25, 0.3) is 5.91 Å². The number of fused-ring (bicyclic) bond motifs is 1. The highest BCUT2D eigenvalue weighted by Gasteiger charge is 2.29. The van der Waals surface area contributed by atoms with Gasteiger partial charge < -0.3 is 0 Å². The van der Waals surface area contributed by atoms with Crippen molar-refractivity contribution in [2.45, 2.75) is 17.7 Å². The Labute approximate surface area is 176 Å². The van der Waals surface area contributed by atoms with Gasteiger partial charge in [0.15, 0.2) is 5.13 Å². The Balaban J connectivity index is 1.62. The SMILES string of the molecule is O=C(Nc1nc2ccc(Cl)cc2s1)c1ccc(Cl)c(S(=O)(=O)N2CCCC2)c1. The van der Waals surface area contributed by atoms with E-state index in [4.69, 9.17) is 23.2 Å². The number of nitrogens with zero attached hydrogens (tertiary/aromatic N) is 2. The number of sulfonamides is 1. The molecule has 0 saturated carbocycles. The zero-order valence-electron chi connectivity index (χ0n) is 14.5. The Hall–Kier alpha value is -1.71. The van der Waals surface area contributed by atoms with Gasteiger partial charge in [-0.2, -0.15) is 4.31 Å². The molecular weight excluding hydrogens is 441 g/mol. The molecule has 0 unspecified atom stereocenters. The fraction of sp³-hybridized carbons (Fsp3) is 0.222. The van der Waals surface area contributed by atoms with Crippen LogP contribution in [0.25, 0.3) is 10.2 Å². The van der Waals surface area contributed by atoms with Crippen LogP contribution in [0.15, 0.2) is 41.3 Å². The number of halogens is 2. The summed E-state index contributed by atoms with van der Waals surface area (Å²) in [6.07, 6.45) is 1.64. The van der Waals surface area contributed by atoms with Crippen LogP contribution < -0.4 is 5.32 Å². The van der Waals surface area contributed by atoms with Crippen molar-refractivity contribution in [1.29, 1.82) is 0 Å². The Morgan fingerprint density at radius 3 is 2.61 bits per heavy atom. The van der Waals surface area contributed by atoms with E-state index in [1.807, 2.05) is 0 Å². The molecule has 0 atom stereocenters. The molecule has 146 valence electrons. The normalized spacial score (nSPS) is 15.2. The van der Waals surface area contributed by atoms with E-state index in [-0.39, 0.29) is 15.5 Å². The number of carbonyl (C=O) groups excluding carboxylic acids is 1. The molecule has 1 aromatic heterocycles. The molecule has 1 N–H and O–H groups in total. The first-order valence-corrected chi connectivity index (χ1v) is 11.5. The summed E-state index contributed by atoms with van der Waals surface area (Å²) >= 11 is 13.4. The smallest absolute Gasteiger partial charge is 0.257 e. The summed E-state index contributed by atoms with van der Waals surface area (Å²) in [7, 11) is -3.73. The van der Waals surface area contributed by atoms with Crippen molar-refractivity contribution in [3.63, 3.8) is 0 Å². The number of hydrogen-bond acceptors (Lipinski definition) is 5. The van der Waals surface area contributed by atoms with E-state index in [1.165, 1.54) is 33.8 Å². The standard InChI is InChI=1S/C18H15Cl2N3O3S2/c19-12-4-6-14-15(10-12)27-18(21-14)22-17(24)11-3-5-13(20)16(9-11)28(25,26)23-7-1-2-8-23/h3-6,9-10H,1-2,7-8H2,(H,21,22,24). The Bertz CT molecular complexity index is 1170. The van der Waals surface area contributed by atoms with Crippen molar-refractivity contribution in [3.8, 4) is 0 Å². The van der Waals surface area contributed by atoms with Gasteiger partial charge in [0.2, 0.25) is 10.0 Å². The van der Waals surface area contributed by atoms with Crippen LogP contribution in [0.2, 0.25) is 10.0 Å². The lowest BCUT2D eigenvalue weighted by molar-refractivity contribution is 0.102. The predicted octanol–water partition coefficient (Wildman–Crippen LogP) is 4.64. The van der Waals surface area contributed by atoms with Gasteiger partial charge in [-0.25, -0.2) is 13.4 Å². The summed E-state index contributed by atoms with van der Waals surface area (Å²) in [5.74, 6) is -0.459. The van der Waals surface area contributed by atoms with Gasteiger partial charge in [0.05, 0.1) is 15.2 Å². The maximum absolute atomic E-state index is 12.8. The van der Waals surface area contributed by atoms with Crippen molar-refractivity contribution in [1.82, 2.24) is 9.29 Å². The van der Waals surface area contributed by atoms with Gasteiger partial charge in [-0.3, -0.25) is 10.1 Å². The average Bonchev–Trinajstić information content (AvgIpc) is 3.31. The fourth-order valence-corrected chi connectivity index (χ4v) is 6.19. The third-order valence-corrected chi connectivity index (χ3v) is 8.00. The van der Waals surface area contributed by atoms with Crippen molar-refractivity contribution in [2.75, 3.05) is 18.4 Å². The lowest BCUT2D eigenvalue weighted by Crippen LogP contribution is -2.28. The molecule has 2 aromatic carbocycles. The molecule has 0 bridgehead atoms. The monoisotopic (exact) mass is 455 g/mol. The summed E-state index contributed by atoms with van der Waals surface area (Å²) in [5, 5.41) is 3.79. The highest BCUT2D eigenvalue weighted by molar-refractivity contribution is 7.89. The minimum atomic E-state index is -3.73. The van der Waals surface area contributed by atoms with E-state index in [9.17, 15) is 13.2 Å². The molecule has 28 heavy (non-hydrogen) atoms. The predicted molar refractivity (Wildman–Crippen MR) is 112 cm³/mol. The van der Waals surface area contributed by atoms with E-state index in [2.05, 4.69) is 10.3 Å². The minimum absolute atomic E-state index is 0.0557. The Morgan fingerprint density at radius 1 is 1.11 bits per heavy atom. The summed E-state index contributed by atoms with van der Waals surface area (Å²) in [5.41, 5.74) is 0.914. The highest BCUT2D eigenvalue weighted by Crippen LogP contribution is 2.30. The second-order valence-corrected chi connectivity index (χ2v) is 10.1. The van der Waals surface area contributed by atoms with Crippen LogP contribution >= 0.6 is 34.5 Å². The molecule has 1 amide bonds. The van der Waals surface area contributed by atoms with Gasteiger partial charge in [-0.15, -0.1) is 0 Å². The summed E-state index contributed by atoms with van der Waals surface area (Å²) in [4.78, 5) is 16.9. The number of anilines is 1. The molecule has 1 fully saturated rings. The number of aromatic nitrogens is 1. The zero-order valence-corrected chi connectivity index (χ0v) is 17.6. The molecule has 0 spiro atoms. The second kappa shape index (κ2) is 7.61. The maximum Gasteiger partial charge on any atom is 0.257 e. The topological polar surface area (TPSA) is 79.4 Å². The van der Waals surface area contributed by atoms with E-state index < -0.39 is 15.9 Å². The van der Waals surface area contributed by atoms with Crippen LogP contribution in [0.3, 0.4) is 0 Å². The first-order chi connectivity index (χ1) is 13.3. The van der Waals surface area contributed by atoms with E-state index in [0.29, 0.717) is 23.2 Å². The lowest BCUT2D eigenvalue weighted by atomic mass is 10.2. The minimum Gasteiger partial charge on any atom is -0.298 e. The highest BCUT2D eigenvalue weighted by atomic mass is 35.5. The summed E-state index contributed by atoms with van der Waals surface area (Å²) in [6, 6.07) is 9.50.